The minimum atomic E-state index is -3.89. The van der Waals surface area contributed by atoms with Gasteiger partial charge in [-0.05, 0) is 65.3 Å². The van der Waals surface area contributed by atoms with Crippen LogP contribution in [0.2, 0.25) is 0 Å². The summed E-state index contributed by atoms with van der Waals surface area (Å²) in [7, 11) is -3.89. The number of sulfonamides is 1. The topological polar surface area (TPSA) is 102 Å². The molecule has 7 nitrogen and oxygen atoms in total. The van der Waals surface area contributed by atoms with Gasteiger partial charge in [0.15, 0.2) is 11.6 Å². The van der Waals surface area contributed by atoms with Crippen molar-refractivity contribution in [2.45, 2.75) is 24.2 Å². The third-order valence-electron chi connectivity index (χ3n) is 4.48. The van der Waals surface area contributed by atoms with Crippen LogP contribution in [0.25, 0.3) is 11.5 Å². The smallest absolute Gasteiger partial charge is 0.286 e. The molecule has 2 heterocycles. The monoisotopic (exact) mass is 521 g/mol. The van der Waals surface area contributed by atoms with Crippen LogP contribution in [0.3, 0.4) is 0 Å². The number of aromatic nitrogens is 1. The Bertz CT molecular complexity index is 1200. The highest BCUT2D eigenvalue weighted by Crippen LogP contribution is 2.29. The normalized spacial score (nSPS) is 14.6. The Morgan fingerprint density at radius 3 is 2.79 bits per heavy atom. The van der Waals surface area contributed by atoms with E-state index in [0.29, 0.717) is 24.4 Å². The average molecular weight is 521 g/mol. The summed E-state index contributed by atoms with van der Waals surface area (Å²) in [6.07, 6.45) is 4.43. The number of benzene rings is 2. The quantitative estimate of drug-likeness (QED) is 0.492. The van der Waals surface area contributed by atoms with Crippen molar-refractivity contribution in [2.75, 3.05) is 5.32 Å². The van der Waals surface area contributed by atoms with Gasteiger partial charge in [-0.15, -0.1) is 4.40 Å². The maximum atomic E-state index is 12.6. The fourth-order valence-electron chi connectivity index (χ4n) is 3.11. The zero-order valence-corrected chi connectivity index (χ0v) is 18.1. The fraction of sp³-hybridized carbons (Fsp3) is 0.150. The molecule has 1 N–H and O–H groups in total. The maximum Gasteiger partial charge on any atom is 0.286 e. The third-order valence-corrected chi connectivity index (χ3v) is 6.47. The Kier molecular flexibility index (Phi) is 5.50. The van der Waals surface area contributed by atoms with Crippen molar-refractivity contribution in [3.8, 4) is 11.5 Å². The number of oxazole rings is 1. The SMILES string of the molecule is O=C(CCCc1ccccc1-c1ncco1)C1=NS(=O)(=O)c2cc(I)ccc2N1. The Morgan fingerprint density at radius 2 is 2.00 bits per heavy atom. The summed E-state index contributed by atoms with van der Waals surface area (Å²) in [6, 6.07) is 12.6. The molecule has 0 saturated heterocycles. The number of amidine groups is 1. The molecular formula is C20H16IN3O4S. The third kappa shape index (κ3) is 4.25. The van der Waals surface area contributed by atoms with Crippen LogP contribution in [0, 0.1) is 3.57 Å². The van der Waals surface area contributed by atoms with Crippen molar-refractivity contribution in [1.82, 2.24) is 4.98 Å². The van der Waals surface area contributed by atoms with Crippen molar-refractivity contribution in [3.63, 3.8) is 0 Å². The summed E-state index contributed by atoms with van der Waals surface area (Å²) in [6.45, 7) is 0. The van der Waals surface area contributed by atoms with E-state index in [2.05, 4.69) is 14.7 Å². The van der Waals surface area contributed by atoms with E-state index in [0.717, 1.165) is 14.7 Å². The largest absolute Gasteiger partial charge is 0.445 e. The van der Waals surface area contributed by atoms with E-state index < -0.39 is 10.0 Å². The number of carbonyl (C=O) groups is 1. The zero-order valence-electron chi connectivity index (χ0n) is 15.1. The molecule has 0 amide bonds. The van der Waals surface area contributed by atoms with E-state index >= 15 is 0 Å². The first-order valence-corrected chi connectivity index (χ1v) is 11.4. The fourth-order valence-corrected chi connectivity index (χ4v) is 4.98. The van der Waals surface area contributed by atoms with Gasteiger partial charge in [0.05, 0.1) is 11.9 Å². The van der Waals surface area contributed by atoms with Gasteiger partial charge in [-0.1, -0.05) is 18.2 Å². The summed E-state index contributed by atoms with van der Waals surface area (Å²) < 4.78 is 34.7. The molecule has 3 aromatic rings. The number of rotatable bonds is 6. The number of halogens is 1. The molecule has 1 aromatic heterocycles. The first-order valence-electron chi connectivity index (χ1n) is 8.86. The van der Waals surface area contributed by atoms with E-state index in [1.54, 1.807) is 18.3 Å². The van der Waals surface area contributed by atoms with Crippen LogP contribution in [0.15, 0.2) is 68.6 Å². The molecule has 0 radical (unpaired) electrons. The number of nitrogens with zero attached hydrogens (tertiary/aromatic N) is 2. The first kappa shape index (κ1) is 19.8. The highest BCUT2D eigenvalue weighted by Gasteiger charge is 2.28. The lowest BCUT2D eigenvalue weighted by Crippen LogP contribution is -2.29. The second-order valence-corrected chi connectivity index (χ2v) is 9.27. The summed E-state index contributed by atoms with van der Waals surface area (Å²) in [4.78, 5) is 16.8. The van der Waals surface area contributed by atoms with Crippen LogP contribution in [-0.4, -0.2) is 25.0 Å². The van der Waals surface area contributed by atoms with E-state index in [9.17, 15) is 13.2 Å². The van der Waals surface area contributed by atoms with Crippen molar-refractivity contribution >= 4 is 49.9 Å². The predicted octanol–water partition coefficient (Wildman–Crippen LogP) is 4.05. The number of anilines is 1. The molecule has 148 valence electrons. The van der Waals surface area contributed by atoms with Gasteiger partial charge in [0, 0.05) is 15.6 Å². The van der Waals surface area contributed by atoms with Crippen LogP contribution in [0.5, 0.6) is 0 Å². The summed E-state index contributed by atoms with van der Waals surface area (Å²) >= 11 is 2.03. The molecule has 1 aliphatic rings. The van der Waals surface area contributed by atoms with E-state index in [1.165, 1.54) is 12.3 Å². The minimum Gasteiger partial charge on any atom is -0.445 e. The standard InChI is InChI=1S/C20H16IN3O4S/c21-14-8-9-16-18(12-14)29(26,27)24-19(23-16)17(25)7-3-5-13-4-1-2-6-15(13)20-22-10-11-28-20/h1-2,4,6,8-12H,3,5,7H2,(H,23,24). The van der Waals surface area contributed by atoms with Crippen molar-refractivity contribution in [2.24, 2.45) is 4.40 Å². The summed E-state index contributed by atoms with van der Waals surface area (Å²) in [5.74, 6) is 0.0497. The maximum absolute atomic E-state index is 12.6. The van der Waals surface area contributed by atoms with Crippen molar-refractivity contribution in [3.05, 3.63) is 64.1 Å². The van der Waals surface area contributed by atoms with Crippen LogP contribution in [0.1, 0.15) is 18.4 Å². The van der Waals surface area contributed by atoms with Gasteiger partial charge < -0.3 is 9.73 Å². The predicted molar refractivity (Wildman–Crippen MR) is 117 cm³/mol. The highest BCUT2D eigenvalue weighted by molar-refractivity contribution is 14.1. The van der Waals surface area contributed by atoms with Gasteiger partial charge in [-0.3, -0.25) is 4.79 Å². The highest BCUT2D eigenvalue weighted by atomic mass is 127. The lowest BCUT2D eigenvalue weighted by Gasteiger charge is -2.17. The molecule has 9 heteroatoms. The van der Waals surface area contributed by atoms with Crippen molar-refractivity contribution < 1.29 is 17.6 Å². The molecule has 2 aromatic carbocycles. The number of nitrogens with one attached hydrogen (secondary N) is 1. The van der Waals surface area contributed by atoms with E-state index in [1.807, 2.05) is 46.9 Å². The van der Waals surface area contributed by atoms with Crippen LogP contribution >= 0.6 is 22.6 Å². The Balaban J connectivity index is 1.46. The molecule has 4 rings (SSSR count). The van der Waals surface area contributed by atoms with Crippen LogP contribution in [0.4, 0.5) is 5.69 Å². The number of aryl methyl sites for hydroxylation is 1. The molecule has 29 heavy (non-hydrogen) atoms. The van der Waals surface area contributed by atoms with E-state index in [4.69, 9.17) is 4.42 Å². The van der Waals surface area contributed by atoms with Gasteiger partial charge in [0.1, 0.15) is 11.2 Å². The summed E-state index contributed by atoms with van der Waals surface area (Å²) in [5.41, 5.74) is 2.26. The van der Waals surface area contributed by atoms with Gasteiger partial charge in [-0.25, -0.2) is 4.98 Å². The second-order valence-electron chi connectivity index (χ2n) is 6.45. The number of carbonyl (C=O) groups excluding carboxylic acids is 1. The van der Waals surface area contributed by atoms with Gasteiger partial charge >= 0.3 is 0 Å². The average Bonchev–Trinajstić information content (AvgIpc) is 3.23. The second kappa shape index (κ2) is 8.07. The number of hydrogen-bond donors (Lipinski definition) is 1. The molecule has 0 unspecified atom stereocenters. The Morgan fingerprint density at radius 1 is 1.17 bits per heavy atom. The molecule has 0 fully saturated rings. The van der Waals surface area contributed by atoms with Gasteiger partial charge in [0.2, 0.25) is 5.89 Å². The van der Waals surface area contributed by atoms with Crippen molar-refractivity contribution in [1.29, 1.82) is 0 Å². The number of Topliss-reactive ketones (excluding diaryl/α,β-unsaturated/α-hetero) is 1. The van der Waals surface area contributed by atoms with Crippen LogP contribution < -0.4 is 5.32 Å². The molecule has 1 aliphatic heterocycles. The number of ketones is 1. The molecule has 0 bridgehead atoms. The van der Waals surface area contributed by atoms with E-state index in [-0.39, 0.29) is 22.9 Å². The zero-order chi connectivity index (χ0) is 20.4. The molecule has 0 atom stereocenters. The van der Waals surface area contributed by atoms with Crippen LogP contribution in [-0.2, 0) is 21.2 Å². The lowest BCUT2D eigenvalue weighted by molar-refractivity contribution is -0.113. The minimum absolute atomic E-state index is 0.0841. The summed E-state index contributed by atoms with van der Waals surface area (Å²) in [5, 5.41) is 2.85. The molecule has 0 saturated carbocycles. The lowest BCUT2D eigenvalue weighted by atomic mass is 10.0. The number of fused-ring (bicyclic) bond motifs is 1. The Labute approximate surface area is 181 Å². The van der Waals surface area contributed by atoms with Gasteiger partial charge in [-0.2, -0.15) is 8.42 Å². The molecule has 0 aliphatic carbocycles. The van der Waals surface area contributed by atoms with Gasteiger partial charge in [0.25, 0.3) is 10.0 Å². The molecular weight excluding hydrogens is 505 g/mol. The molecule has 0 spiro atoms. The first-order chi connectivity index (χ1) is 13.9. The Hall–Kier alpha value is -2.53. The number of hydrogen-bond acceptors (Lipinski definition) is 6.